The van der Waals surface area contributed by atoms with Gasteiger partial charge in [0, 0.05) is 0 Å². The predicted molar refractivity (Wildman–Crippen MR) is 44.5 cm³/mol. The molecule has 0 radical (unpaired) electrons. The van der Waals surface area contributed by atoms with E-state index in [4.69, 9.17) is 5.11 Å². The third-order valence-corrected chi connectivity index (χ3v) is 2.60. The molecule has 0 aliphatic rings. The summed E-state index contributed by atoms with van der Waals surface area (Å²) in [7, 11) is 0. The molecule has 0 saturated heterocycles. The number of hydrogen-bond donors (Lipinski definition) is 1. The summed E-state index contributed by atoms with van der Waals surface area (Å²) in [6.07, 6.45) is -7.69. The Morgan fingerprint density at radius 1 is 0.538 bits per heavy atom. The van der Waals surface area contributed by atoms with E-state index in [-0.39, 0.29) is 20.3 Å². The number of hydrogen-bond acceptors (Lipinski definition) is 1. The second-order valence-electron chi connectivity index (χ2n) is 4.25. The van der Waals surface area contributed by atoms with Gasteiger partial charge < -0.3 is 6.53 Å². The number of aliphatic carboxylic acids is 1. The Hall–Kier alpha value is -0.983. The number of halogens is 15. The van der Waals surface area contributed by atoms with Gasteiger partial charge in [-0.3, -0.25) is 0 Å². The fraction of sp³-hybridized carbons (Fsp3) is 0.875. The first-order valence-corrected chi connectivity index (χ1v) is 5.01. The van der Waals surface area contributed by atoms with E-state index in [0.29, 0.717) is 0 Å². The molecule has 0 saturated carbocycles. The van der Waals surface area contributed by atoms with Crippen molar-refractivity contribution in [3.63, 3.8) is 0 Å². The standard InChI is InChI=1S/C8HF15O2.Li.H/c9-2(10,1(24)25)3(11,12)4(13,14)5(15,16)6(17,18)7(19,20)8(21,22)23;;/h(H,24,25);;/q;+1;-1. The SMILES string of the molecule is O=C(O)C(F)(F)C(F)(F)C(F)(F)C(F)(F)C(F)(F)C(F)(F)C(F)(F)F.[H-].[Li+]. The monoisotopic (exact) mass is 422 g/mol. The number of carboxylic acid groups (broad SMARTS) is 1. The first kappa shape index (κ1) is 27.2. The van der Waals surface area contributed by atoms with Gasteiger partial charge in [0.2, 0.25) is 0 Å². The molecule has 0 aromatic heterocycles. The van der Waals surface area contributed by atoms with Gasteiger partial charge >= 0.3 is 66.5 Å². The van der Waals surface area contributed by atoms with Crippen LogP contribution in [0.2, 0.25) is 0 Å². The predicted octanol–water partition coefficient (Wildman–Crippen LogP) is 1.56. The van der Waals surface area contributed by atoms with Crippen molar-refractivity contribution in [2.75, 3.05) is 0 Å². The minimum atomic E-state index is -8.47. The maximum atomic E-state index is 12.8. The molecule has 0 atom stereocenters. The summed E-state index contributed by atoms with van der Waals surface area (Å²) in [5.74, 6) is -52.8. The van der Waals surface area contributed by atoms with Crippen molar-refractivity contribution in [2.24, 2.45) is 0 Å². The van der Waals surface area contributed by atoms with Gasteiger partial charge in [0.05, 0.1) is 0 Å². The van der Waals surface area contributed by atoms with E-state index in [2.05, 4.69) is 0 Å². The van der Waals surface area contributed by atoms with Gasteiger partial charge in [-0.05, 0) is 0 Å². The van der Waals surface area contributed by atoms with Crippen molar-refractivity contribution in [1.82, 2.24) is 0 Å². The van der Waals surface area contributed by atoms with Crippen molar-refractivity contribution in [3.8, 4) is 0 Å². The number of carboxylic acids is 1. The molecule has 0 aliphatic heterocycles. The molecule has 0 amide bonds. The molecule has 1 N–H and O–H groups in total. The van der Waals surface area contributed by atoms with E-state index < -0.39 is 47.7 Å². The molecule has 18 heteroatoms. The third kappa shape index (κ3) is 3.20. The Morgan fingerprint density at radius 3 is 1.00 bits per heavy atom. The fourth-order valence-corrected chi connectivity index (χ4v) is 1.10. The number of carbonyl (C=O) groups is 1. The molecule has 0 fully saturated rings. The van der Waals surface area contributed by atoms with Crippen LogP contribution < -0.4 is 18.9 Å². The smallest absolute Gasteiger partial charge is 1.00 e. The summed E-state index contributed by atoms with van der Waals surface area (Å²) in [6, 6.07) is 0. The average molecular weight is 422 g/mol. The zero-order chi connectivity index (χ0) is 21.1. The van der Waals surface area contributed by atoms with Crippen LogP contribution in [0.25, 0.3) is 0 Å². The molecule has 0 bridgehead atoms. The molecule has 0 rings (SSSR count). The molecular formula is C8H2F15LiO2. The quantitative estimate of drug-likeness (QED) is 0.522. The Kier molecular flexibility index (Phi) is 6.88. The van der Waals surface area contributed by atoms with Gasteiger partial charge in [-0.2, -0.15) is 65.9 Å². The van der Waals surface area contributed by atoms with E-state index in [1.54, 1.807) is 0 Å². The topological polar surface area (TPSA) is 37.3 Å². The Balaban J connectivity index is -0.00000288. The Bertz CT molecular complexity index is 542. The molecule has 0 spiro atoms. The maximum Gasteiger partial charge on any atom is 1.00 e. The molecule has 0 aromatic rings. The molecule has 152 valence electrons. The van der Waals surface area contributed by atoms with Crippen LogP contribution in [0.15, 0.2) is 0 Å². The van der Waals surface area contributed by atoms with Gasteiger partial charge in [-0.1, -0.05) is 0 Å². The molecule has 0 aromatic carbocycles. The summed E-state index contributed by atoms with van der Waals surface area (Å²) in [6.45, 7) is 0. The Labute approximate surface area is 145 Å². The van der Waals surface area contributed by atoms with E-state index in [0.717, 1.165) is 0 Å². The van der Waals surface area contributed by atoms with Crippen LogP contribution in [0.3, 0.4) is 0 Å². The largest absolute Gasteiger partial charge is 1.00 e. The first-order valence-electron chi connectivity index (χ1n) is 5.01. The normalized spacial score (nSPS) is 15.5. The zero-order valence-corrected chi connectivity index (χ0v) is 11.5. The minimum Gasteiger partial charge on any atom is -1.00 e. The minimum absolute atomic E-state index is 0. The van der Waals surface area contributed by atoms with Gasteiger partial charge in [-0.25, -0.2) is 4.79 Å². The van der Waals surface area contributed by atoms with Crippen LogP contribution in [-0.2, 0) is 4.79 Å². The molecule has 0 unspecified atom stereocenters. The van der Waals surface area contributed by atoms with Gasteiger partial charge in [0.15, 0.2) is 0 Å². The Morgan fingerprint density at radius 2 is 0.769 bits per heavy atom. The van der Waals surface area contributed by atoms with Crippen molar-refractivity contribution in [2.45, 2.75) is 41.7 Å². The summed E-state index contributed by atoms with van der Waals surface area (Å²) in [4.78, 5) is 9.72. The molecule has 0 aliphatic carbocycles. The van der Waals surface area contributed by atoms with Crippen LogP contribution in [0.5, 0.6) is 0 Å². The molecule has 26 heavy (non-hydrogen) atoms. The second-order valence-corrected chi connectivity index (χ2v) is 4.25. The van der Waals surface area contributed by atoms with Crippen molar-refractivity contribution in [3.05, 3.63) is 0 Å². The molecular weight excluding hydrogens is 420 g/mol. The molecule has 0 heterocycles. The van der Waals surface area contributed by atoms with Crippen LogP contribution >= 0.6 is 0 Å². The number of rotatable bonds is 6. The first-order chi connectivity index (χ1) is 10.4. The van der Waals surface area contributed by atoms with E-state index in [9.17, 15) is 70.7 Å². The van der Waals surface area contributed by atoms with Crippen LogP contribution in [-0.4, -0.2) is 52.8 Å². The van der Waals surface area contributed by atoms with E-state index >= 15 is 0 Å². The second kappa shape index (κ2) is 6.57. The van der Waals surface area contributed by atoms with Crippen LogP contribution in [0.4, 0.5) is 65.9 Å². The van der Waals surface area contributed by atoms with Crippen LogP contribution in [0.1, 0.15) is 1.43 Å². The number of alkyl halides is 15. The summed E-state index contributed by atoms with van der Waals surface area (Å²) in [5.41, 5.74) is 0. The summed E-state index contributed by atoms with van der Waals surface area (Å²) in [5, 5.41) is 7.57. The summed E-state index contributed by atoms with van der Waals surface area (Å²) >= 11 is 0. The van der Waals surface area contributed by atoms with Crippen molar-refractivity contribution >= 4 is 5.97 Å². The van der Waals surface area contributed by atoms with Gasteiger partial charge in [-0.15, -0.1) is 0 Å². The zero-order valence-electron chi connectivity index (χ0n) is 12.5. The van der Waals surface area contributed by atoms with E-state index in [1.165, 1.54) is 0 Å². The van der Waals surface area contributed by atoms with E-state index in [1.807, 2.05) is 0 Å². The fourth-order valence-electron chi connectivity index (χ4n) is 1.10. The average Bonchev–Trinajstić information content (AvgIpc) is 2.35. The summed E-state index contributed by atoms with van der Waals surface area (Å²) < 4.78 is 187. The van der Waals surface area contributed by atoms with Gasteiger partial charge in [0.25, 0.3) is 0 Å². The van der Waals surface area contributed by atoms with Gasteiger partial charge in [0.1, 0.15) is 0 Å². The van der Waals surface area contributed by atoms with Crippen molar-refractivity contribution in [1.29, 1.82) is 0 Å². The van der Waals surface area contributed by atoms with Crippen LogP contribution in [0, 0.1) is 0 Å². The maximum absolute atomic E-state index is 12.8. The molecule has 2 nitrogen and oxygen atoms in total. The third-order valence-electron chi connectivity index (χ3n) is 2.60. The van der Waals surface area contributed by atoms with Crippen molar-refractivity contribution < 1.29 is 96.0 Å².